The van der Waals surface area contributed by atoms with Gasteiger partial charge < -0.3 is 10.4 Å². The maximum atomic E-state index is 12.2. The fourth-order valence-corrected chi connectivity index (χ4v) is 3.83. The smallest absolute Gasteiger partial charge is 0.223 e. The molecule has 2 fully saturated rings. The summed E-state index contributed by atoms with van der Waals surface area (Å²) < 4.78 is 0. The summed E-state index contributed by atoms with van der Waals surface area (Å²) in [4.78, 5) is 12.2. The first kappa shape index (κ1) is 15.8. The van der Waals surface area contributed by atoms with Gasteiger partial charge in [0, 0.05) is 12.5 Å². The molecule has 0 saturated heterocycles. The van der Waals surface area contributed by atoms with Gasteiger partial charge in [-0.25, -0.2) is 0 Å². The van der Waals surface area contributed by atoms with E-state index in [0.29, 0.717) is 5.92 Å². The van der Waals surface area contributed by atoms with Gasteiger partial charge in [0.1, 0.15) is 0 Å². The molecule has 2 saturated carbocycles. The van der Waals surface area contributed by atoms with Gasteiger partial charge in [0.15, 0.2) is 0 Å². The first-order valence-corrected chi connectivity index (χ1v) is 8.64. The van der Waals surface area contributed by atoms with E-state index in [1.165, 1.54) is 32.1 Å². The van der Waals surface area contributed by atoms with Gasteiger partial charge in [-0.05, 0) is 56.8 Å². The molecule has 0 aliphatic heterocycles. The van der Waals surface area contributed by atoms with Crippen LogP contribution in [0.5, 0.6) is 0 Å². The molecule has 2 rings (SSSR count). The van der Waals surface area contributed by atoms with Crippen LogP contribution in [0.25, 0.3) is 0 Å². The number of nitrogens with one attached hydrogen (secondary N) is 1. The Morgan fingerprint density at radius 3 is 2.40 bits per heavy atom. The highest BCUT2D eigenvalue weighted by atomic mass is 16.3. The van der Waals surface area contributed by atoms with Crippen LogP contribution in [0, 0.1) is 17.8 Å². The van der Waals surface area contributed by atoms with Crippen LogP contribution in [-0.4, -0.2) is 23.7 Å². The minimum atomic E-state index is -0.133. The second-order valence-corrected chi connectivity index (χ2v) is 6.94. The minimum Gasteiger partial charge on any atom is -0.393 e. The predicted octanol–water partition coefficient (Wildman–Crippen LogP) is 3.26. The van der Waals surface area contributed by atoms with E-state index in [2.05, 4.69) is 12.2 Å². The number of amides is 1. The molecule has 2 unspecified atom stereocenters. The molecule has 0 bridgehead atoms. The average Bonchev–Trinajstić information content (AvgIpc) is 2.89. The molecule has 0 aromatic rings. The number of aliphatic hydroxyl groups excluding tert-OH is 1. The van der Waals surface area contributed by atoms with Crippen molar-refractivity contribution in [2.45, 2.75) is 77.2 Å². The van der Waals surface area contributed by atoms with E-state index in [1.54, 1.807) is 0 Å². The van der Waals surface area contributed by atoms with Gasteiger partial charge in [-0.1, -0.05) is 26.2 Å². The van der Waals surface area contributed by atoms with Gasteiger partial charge >= 0.3 is 0 Å². The van der Waals surface area contributed by atoms with Crippen LogP contribution in [0.2, 0.25) is 0 Å². The van der Waals surface area contributed by atoms with Gasteiger partial charge in [0.05, 0.1) is 6.10 Å². The van der Waals surface area contributed by atoms with Crippen LogP contribution < -0.4 is 5.32 Å². The third kappa shape index (κ3) is 4.76. The van der Waals surface area contributed by atoms with E-state index >= 15 is 0 Å². The molecule has 0 aromatic carbocycles. The Morgan fingerprint density at radius 2 is 1.80 bits per heavy atom. The summed E-state index contributed by atoms with van der Waals surface area (Å²) in [6.07, 6.45) is 11.3. The Bertz CT molecular complexity index is 297. The molecule has 1 amide bonds. The lowest BCUT2D eigenvalue weighted by atomic mass is 9.79. The topological polar surface area (TPSA) is 49.3 Å². The SMILES string of the molecule is CCCCC1CCC(C(=O)NCC2CCC(O)C2)CC1. The number of rotatable bonds is 6. The number of carbonyl (C=O) groups is 1. The second kappa shape index (κ2) is 8.02. The second-order valence-electron chi connectivity index (χ2n) is 6.94. The number of unbranched alkanes of at least 4 members (excludes halogenated alkanes) is 1. The predicted molar refractivity (Wildman–Crippen MR) is 81.3 cm³/mol. The Labute approximate surface area is 123 Å². The largest absolute Gasteiger partial charge is 0.393 e. The first-order valence-electron chi connectivity index (χ1n) is 8.64. The number of hydrogen-bond acceptors (Lipinski definition) is 2. The molecule has 0 radical (unpaired) electrons. The van der Waals surface area contributed by atoms with Gasteiger partial charge in [-0.15, -0.1) is 0 Å². The molecule has 2 atom stereocenters. The van der Waals surface area contributed by atoms with Crippen LogP contribution in [-0.2, 0) is 4.79 Å². The van der Waals surface area contributed by atoms with Gasteiger partial charge in [0.2, 0.25) is 5.91 Å². The van der Waals surface area contributed by atoms with Crippen LogP contribution >= 0.6 is 0 Å². The summed E-state index contributed by atoms with van der Waals surface area (Å²) in [6, 6.07) is 0. The monoisotopic (exact) mass is 281 g/mol. The van der Waals surface area contributed by atoms with E-state index in [9.17, 15) is 9.90 Å². The summed E-state index contributed by atoms with van der Waals surface area (Å²) >= 11 is 0. The molecule has 116 valence electrons. The Balaban J connectivity index is 1.62. The number of carbonyl (C=O) groups excluding carboxylic acids is 1. The molecule has 3 heteroatoms. The van der Waals surface area contributed by atoms with E-state index in [-0.39, 0.29) is 17.9 Å². The van der Waals surface area contributed by atoms with Crippen LogP contribution in [0.15, 0.2) is 0 Å². The van der Waals surface area contributed by atoms with Crippen LogP contribution in [0.1, 0.15) is 71.1 Å². The van der Waals surface area contributed by atoms with Crippen LogP contribution in [0.3, 0.4) is 0 Å². The third-order valence-corrected chi connectivity index (χ3v) is 5.26. The lowest BCUT2D eigenvalue weighted by Crippen LogP contribution is -2.35. The summed E-state index contributed by atoms with van der Waals surface area (Å²) in [6.45, 7) is 3.02. The molecule has 2 aliphatic rings. The highest BCUT2D eigenvalue weighted by molar-refractivity contribution is 5.78. The Hall–Kier alpha value is -0.570. The van der Waals surface area contributed by atoms with Gasteiger partial charge in [-0.3, -0.25) is 4.79 Å². The normalized spacial score (nSPS) is 34.1. The third-order valence-electron chi connectivity index (χ3n) is 5.26. The molecule has 0 spiro atoms. The maximum Gasteiger partial charge on any atom is 0.223 e. The molecule has 0 heterocycles. The van der Waals surface area contributed by atoms with Crippen molar-refractivity contribution in [2.24, 2.45) is 17.8 Å². The van der Waals surface area contributed by atoms with Crippen molar-refractivity contribution in [3.8, 4) is 0 Å². The van der Waals surface area contributed by atoms with E-state index in [4.69, 9.17) is 0 Å². The molecule has 0 aromatic heterocycles. The lowest BCUT2D eigenvalue weighted by Gasteiger charge is -2.28. The number of hydrogen-bond donors (Lipinski definition) is 2. The zero-order chi connectivity index (χ0) is 14.4. The summed E-state index contributed by atoms with van der Waals surface area (Å²) in [5.41, 5.74) is 0. The van der Waals surface area contributed by atoms with E-state index < -0.39 is 0 Å². The van der Waals surface area contributed by atoms with Gasteiger partial charge in [-0.2, -0.15) is 0 Å². The highest BCUT2D eigenvalue weighted by Gasteiger charge is 2.27. The highest BCUT2D eigenvalue weighted by Crippen LogP contribution is 2.32. The van der Waals surface area contributed by atoms with E-state index in [1.807, 2.05) is 0 Å². The summed E-state index contributed by atoms with van der Waals surface area (Å²) in [5, 5.41) is 12.6. The number of aliphatic hydroxyl groups is 1. The standard InChI is InChI=1S/C17H31NO2/c1-2-3-4-13-5-8-15(9-6-13)17(20)18-12-14-7-10-16(19)11-14/h13-16,19H,2-12H2,1H3,(H,18,20). The molecule has 2 aliphatic carbocycles. The molecular formula is C17H31NO2. The fourth-order valence-electron chi connectivity index (χ4n) is 3.83. The van der Waals surface area contributed by atoms with Crippen molar-refractivity contribution in [3.05, 3.63) is 0 Å². The van der Waals surface area contributed by atoms with Crippen molar-refractivity contribution < 1.29 is 9.90 Å². The fraction of sp³-hybridized carbons (Fsp3) is 0.941. The summed E-state index contributed by atoms with van der Waals surface area (Å²) in [7, 11) is 0. The zero-order valence-electron chi connectivity index (χ0n) is 12.9. The molecule has 3 nitrogen and oxygen atoms in total. The quantitative estimate of drug-likeness (QED) is 0.785. The van der Waals surface area contributed by atoms with Crippen molar-refractivity contribution in [3.63, 3.8) is 0 Å². The van der Waals surface area contributed by atoms with Crippen molar-refractivity contribution in [2.75, 3.05) is 6.54 Å². The molecule has 2 N–H and O–H groups in total. The minimum absolute atomic E-state index is 0.133. The molecular weight excluding hydrogens is 250 g/mol. The first-order chi connectivity index (χ1) is 9.69. The summed E-state index contributed by atoms with van der Waals surface area (Å²) in [5.74, 6) is 1.87. The van der Waals surface area contributed by atoms with Gasteiger partial charge in [0.25, 0.3) is 0 Å². The Kier molecular flexibility index (Phi) is 6.34. The van der Waals surface area contributed by atoms with Crippen LogP contribution in [0.4, 0.5) is 0 Å². The lowest BCUT2D eigenvalue weighted by molar-refractivity contribution is -0.126. The molecule has 20 heavy (non-hydrogen) atoms. The zero-order valence-corrected chi connectivity index (χ0v) is 12.9. The van der Waals surface area contributed by atoms with Crippen molar-refractivity contribution in [1.82, 2.24) is 5.32 Å². The average molecular weight is 281 g/mol. The Morgan fingerprint density at radius 1 is 1.10 bits per heavy atom. The van der Waals surface area contributed by atoms with Crippen molar-refractivity contribution >= 4 is 5.91 Å². The van der Waals surface area contributed by atoms with E-state index in [0.717, 1.165) is 44.6 Å². The maximum absolute atomic E-state index is 12.2. The van der Waals surface area contributed by atoms with Crippen molar-refractivity contribution in [1.29, 1.82) is 0 Å².